The number of carbonyl (C=O) groups excluding carboxylic acids is 1. The van der Waals surface area contributed by atoms with Gasteiger partial charge in [0.25, 0.3) is 0 Å². The van der Waals surface area contributed by atoms with Crippen molar-refractivity contribution in [2.24, 2.45) is 11.8 Å². The molecular weight excluding hydrogens is 308 g/mol. The lowest BCUT2D eigenvalue weighted by atomic mass is 9.90. The Morgan fingerprint density at radius 3 is 2.48 bits per heavy atom. The Kier molecular flexibility index (Phi) is 6.69. The first kappa shape index (κ1) is 19.6. The van der Waals surface area contributed by atoms with Gasteiger partial charge in [0.1, 0.15) is 5.54 Å². The Bertz CT molecular complexity index is 600. The molecule has 0 aromatic carbocycles. The zero-order valence-electron chi connectivity index (χ0n) is 15.2. The van der Waals surface area contributed by atoms with Crippen molar-refractivity contribution in [1.29, 1.82) is 5.26 Å². The molecule has 1 amide bonds. The summed E-state index contributed by atoms with van der Waals surface area (Å²) in [5.41, 5.74) is 1.31. The SMILES string of the molecule is Cc1nc(SCC(=O)NC(C)(C#N)C(C)C)n(CC(C)C)c1C. The van der Waals surface area contributed by atoms with Gasteiger partial charge in [0.15, 0.2) is 5.16 Å². The maximum Gasteiger partial charge on any atom is 0.231 e. The summed E-state index contributed by atoms with van der Waals surface area (Å²) < 4.78 is 2.17. The van der Waals surface area contributed by atoms with Gasteiger partial charge < -0.3 is 9.88 Å². The van der Waals surface area contributed by atoms with Gasteiger partial charge in [0.05, 0.1) is 17.5 Å². The lowest BCUT2D eigenvalue weighted by Gasteiger charge is -2.27. The number of amides is 1. The summed E-state index contributed by atoms with van der Waals surface area (Å²) in [5.74, 6) is 0.687. The van der Waals surface area contributed by atoms with E-state index in [4.69, 9.17) is 0 Å². The highest BCUT2D eigenvalue weighted by atomic mass is 32.2. The Morgan fingerprint density at radius 1 is 1.39 bits per heavy atom. The van der Waals surface area contributed by atoms with Crippen molar-refractivity contribution in [2.75, 3.05) is 5.75 Å². The molecule has 0 bridgehead atoms. The molecule has 0 fully saturated rings. The third kappa shape index (κ3) is 5.00. The zero-order chi connectivity index (χ0) is 17.8. The van der Waals surface area contributed by atoms with Crippen molar-refractivity contribution >= 4 is 17.7 Å². The molecule has 23 heavy (non-hydrogen) atoms. The molecule has 1 unspecified atom stereocenters. The molecule has 128 valence electrons. The molecule has 1 aromatic rings. The molecular formula is C17H28N4OS. The highest BCUT2D eigenvalue weighted by Gasteiger charge is 2.30. The summed E-state index contributed by atoms with van der Waals surface area (Å²) in [7, 11) is 0. The first-order valence-electron chi connectivity index (χ1n) is 7.99. The third-order valence-electron chi connectivity index (χ3n) is 4.09. The zero-order valence-corrected chi connectivity index (χ0v) is 16.0. The standard InChI is InChI=1S/C17H28N4OS/c1-11(2)8-21-14(6)13(5)19-16(21)23-9-15(22)20-17(7,10-18)12(3)4/h11-12H,8-9H2,1-7H3,(H,20,22). The minimum absolute atomic E-state index is 0.0499. The number of aryl methyl sites for hydroxylation is 1. The summed E-state index contributed by atoms with van der Waals surface area (Å²) in [6.45, 7) is 14.9. The molecule has 0 aliphatic heterocycles. The van der Waals surface area contributed by atoms with Crippen molar-refractivity contribution in [2.45, 2.75) is 65.7 Å². The van der Waals surface area contributed by atoms with E-state index in [0.29, 0.717) is 5.92 Å². The quantitative estimate of drug-likeness (QED) is 0.776. The largest absolute Gasteiger partial charge is 0.337 e. The maximum absolute atomic E-state index is 12.2. The Labute approximate surface area is 143 Å². The predicted molar refractivity (Wildman–Crippen MR) is 94.3 cm³/mol. The van der Waals surface area contributed by atoms with E-state index >= 15 is 0 Å². The van der Waals surface area contributed by atoms with Crippen LogP contribution in [0.3, 0.4) is 0 Å². The van der Waals surface area contributed by atoms with Crippen LogP contribution in [0.1, 0.15) is 46.0 Å². The van der Waals surface area contributed by atoms with Crippen LogP contribution in [0.4, 0.5) is 0 Å². The van der Waals surface area contributed by atoms with E-state index < -0.39 is 5.54 Å². The number of imidazole rings is 1. The second-order valence-corrected chi connectivity index (χ2v) is 7.82. The molecule has 1 rings (SSSR count). The number of carbonyl (C=O) groups is 1. The van der Waals surface area contributed by atoms with Gasteiger partial charge in [-0.25, -0.2) is 4.98 Å². The third-order valence-corrected chi connectivity index (χ3v) is 5.07. The van der Waals surface area contributed by atoms with E-state index in [1.165, 1.54) is 11.8 Å². The monoisotopic (exact) mass is 336 g/mol. The number of nitrogens with zero attached hydrogens (tertiary/aromatic N) is 3. The van der Waals surface area contributed by atoms with Crippen LogP contribution in [-0.4, -0.2) is 26.8 Å². The van der Waals surface area contributed by atoms with E-state index in [2.05, 4.69) is 41.7 Å². The Balaban J connectivity index is 2.77. The molecule has 0 saturated heterocycles. The van der Waals surface area contributed by atoms with E-state index in [1.807, 2.05) is 20.8 Å². The number of rotatable bonds is 7. The Morgan fingerprint density at radius 2 is 2.00 bits per heavy atom. The molecule has 0 aliphatic carbocycles. The fourth-order valence-corrected chi connectivity index (χ4v) is 2.97. The number of hydrogen-bond acceptors (Lipinski definition) is 4. The second kappa shape index (κ2) is 7.87. The molecule has 1 aromatic heterocycles. The summed E-state index contributed by atoms with van der Waals surface area (Å²) in [4.78, 5) is 16.8. The molecule has 6 heteroatoms. The fraction of sp³-hybridized carbons (Fsp3) is 0.706. The summed E-state index contributed by atoms with van der Waals surface area (Å²) in [5, 5.41) is 13.0. The van der Waals surface area contributed by atoms with Gasteiger partial charge in [-0.3, -0.25) is 4.79 Å². The minimum atomic E-state index is -0.836. The summed E-state index contributed by atoms with van der Waals surface area (Å²) >= 11 is 1.43. The molecule has 0 saturated carbocycles. The summed E-state index contributed by atoms with van der Waals surface area (Å²) in [6.07, 6.45) is 0. The van der Waals surface area contributed by atoms with Gasteiger partial charge in [-0.1, -0.05) is 39.5 Å². The molecule has 0 radical (unpaired) electrons. The van der Waals surface area contributed by atoms with E-state index in [9.17, 15) is 10.1 Å². The molecule has 0 spiro atoms. The van der Waals surface area contributed by atoms with Crippen LogP contribution in [0.25, 0.3) is 0 Å². The van der Waals surface area contributed by atoms with Crippen molar-refractivity contribution < 1.29 is 4.79 Å². The molecule has 1 N–H and O–H groups in total. The van der Waals surface area contributed by atoms with Crippen molar-refractivity contribution in [3.05, 3.63) is 11.4 Å². The number of nitrogens with one attached hydrogen (secondary N) is 1. The first-order valence-corrected chi connectivity index (χ1v) is 8.98. The van der Waals surface area contributed by atoms with E-state index in [-0.39, 0.29) is 17.6 Å². The number of thioether (sulfide) groups is 1. The predicted octanol–water partition coefficient (Wildman–Crippen LogP) is 3.30. The fourth-order valence-electron chi connectivity index (χ4n) is 2.07. The normalized spacial score (nSPS) is 13.9. The molecule has 0 aliphatic rings. The highest BCUT2D eigenvalue weighted by molar-refractivity contribution is 7.99. The van der Waals surface area contributed by atoms with Crippen molar-refractivity contribution in [1.82, 2.24) is 14.9 Å². The van der Waals surface area contributed by atoms with Gasteiger partial charge in [0.2, 0.25) is 5.91 Å². The summed E-state index contributed by atoms with van der Waals surface area (Å²) in [6, 6.07) is 2.20. The van der Waals surface area contributed by atoms with Crippen LogP contribution >= 0.6 is 11.8 Å². The minimum Gasteiger partial charge on any atom is -0.337 e. The van der Waals surface area contributed by atoms with Crippen LogP contribution in [0.2, 0.25) is 0 Å². The lowest BCUT2D eigenvalue weighted by molar-refractivity contribution is -0.120. The lowest BCUT2D eigenvalue weighted by Crippen LogP contribution is -2.49. The van der Waals surface area contributed by atoms with E-state index in [0.717, 1.165) is 23.1 Å². The van der Waals surface area contributed by atoms with Gasteiger partial charge in [-0.15, -0.1) is 0 Å². The average Bonchev–Trinajstić information content (AvgIpc) is 2.72. The average molecular weight is 337 g/mol. The smallest absolute Gasteiger partial charge is 0.231 e. The van der Waals surface area contributed by atoms with Crippen LogP contribution in [0, 0.1) is 37.0 Å². The van der Waals surface area contributed by atoms with Crippen LogP contribution in [0.5, 0.6) is 0 Å². The molecule has 1 atom stereocenters. The molecule has 5 nitrogen and oxygen atoms in total. The van der Waals surface area contributed by atoms with Crippen LogP contribution in [0.15, 0.2) is 5.16 Å². The highest BCUT2D eigenvalue weighted by Crippen LogP contribution is 2.23. The molecule has 1 heterocycles. The van der Waals surface area contributed by atoms with E-state index in [1.54, 1.807) is 6.92 Å². The van der Waals surface area contributed by atoms with Gasteiger partial charge in [-0.2, -0.15) is 5.26 Å². The topological polar surface area (TPSA) is 70.7 Å². The number of aromatic nitrogens is 2. The number of hydrogen-bond donors (Lipinski definition) is 1. The first-order chi connectivity index (χ1) is 10.6. The van der Waals surface area contributed by atoms with Crippen molar-refractivity contribution in [3.8, 4) is 6.07 Å². The maximum atomic E-state index is 12.2. The van der Waals surface area contributed by atoms with Crippen molar-refractivity contribution in [3.63, 3.8) is 0 Å². The Hall–Kier alpha value is -1.48. The van der Waals surface area contributed by atoms with Gasteiger partial charge in [0, 0.05) is 12.2 Å². The number of nitriles is 1. The van der Waals surface area contributed by atoms with Crippen LogP contribution in [-0.2, 0) is 11.3 Å². The van der Waals surface area contributed by atoms with Gasteiger partial charge >= 0.3 is 0 Å². The van der Waals surface area contributed by atoms with Gasteiger partial charge in [-0.05, 0) is 32.6 Å². The van der Waals surface area contributed by atoms with Crippen LogP contribution < -0.4 is 5.32 Å². The second-order valence-electron chi connectivity index (χ2n) is 6.88.